The van der Waals surface area contributed by atoms with Gasteiger partial charge < -0.3 is 19.8 Å². The first-order valence-corrected chi connectivity index (χ1v) is 15.4. The molecule has 214 valence electrons. The van der Waals surface area contributed by atoms with E-state index in [0.717, 1.165) is 11.1 Å². The third-order valence-corrected chi connectivity index (χ3v) is 10.7. The van der Waals surface area contributed by atoms with Gasteiger partial charge in [-0.05, 0) is 31.4 Å². The minimum Gasteiger partial charge on any atom is -0.394 e. The first-order valence-electron chi connectivity index (χ1n) is 14.5. The smallest absolute Gasteiger partial charge is 0.247 e. The second-order valence-electron chi connectivity index (χ2n) is 11.7. The normalized spacial score (nSPS) is 29.9. The summed E-state index contributed by atoms with van der Waals surface area (Å²) in [5.41, 5.74) is 2.02. The minimum absolute atomic E-state index is 0.0541. The number of carbonyl (C=O) groups excluding carboxylic acids is 3. The number of carbonyl (C=O) groups is 3. The topological polar surface area (TPSA) is 81.2 Å². The van der Waals surface area contributed by atoms with Gasteiger partial charge in [0.15, 0.2) is 0 Å². The van der Waals surface area contributed by atoms with Gasteiger partial charge in [-0.2, -0.15) is 0 Å². The van der Waals surface area contributed by atoms with E-state index < -0.39 is 28.7 Å². The van der Waals surface area contributed by atoms with Crippen LogP contribution in [0.25, 0.3) is 0 Å². The van der Waals surface area contributed by atoms with Crippen molar-refractivity contribution in [3.8, 4) is 0 Å². The van der Waals surface area contributed by atoms with Crippen LogP contribution in [0, 0.1) is 11.8 Å². The van der Waals surface area contributed by atoms with Gasteiger partial charge in [0.2, 0.25) is 17.7 Å². The van der Waals surface area contributed by atoms with Crippen molar-refractivity contribution in [3.05, 3.63) is 96.1 Å². The summed E-state index contributed by atoms with van der Waals surface area (Å²) in [5.74, 6) is -1.68. The number of aliphatic hydroxyl groups excluding tert-OH is 1. The summed E-state index contributed by atoms with van der Waals surface area (Å²) in [7, 11) is 0. The van der Waals surface area contributed by atoms with Gasteiger partial charge in [-0.25, -0.2) is 0 Å². The molecule has 1 unspecified atom stereocenters. The summed E-state index contributed by atoms with van der Waals surface area (Å²) in [6.07, 6.45) is 8.56. The summed E-state index contributed by atoms with van der Waals surface area (Å²) < 4.78 is -0.896. The highest BCUT2D eigenvalue weighted by molar-refractivity contribution is 8.02. The van der Waals surface area contributed by atoms with Crippen LogP contribution in [-0.2, 0) is 27.3 Å². The van der Waals surface area contributed by atoms with E-state index in [0.29, 0.717) is 26.1 Å². The van der Waals surface area contributed by atoms with Crippen molar-refractivity contribution < 1.29 is 19.5 Å². The van der Waals surface area contributed by atoms with E-state index in [-0.39, 0.29) is 35.6 Å². The van der Waals surface area contributed by atoms with Crippen LogP contribution in [-0.4, -0.2) is 85.3 Å². The highest BCUT2D eigenvalue weighted by atomic mass is 32.2. The number of likely N-dealkylation sites (tertiary alicyclic amines) is 1. The fraction of sp³-hybridized carbons (Fsp3) is 0.424. The Morgan fingerprint density at radius 1 is 0.902 bits per heavy atom. The lowest BCUT2D eigenvalue weighted by atomic mass is 9.78. The molecule has 0 aliphatic carbocycles. The summed E-state index contributed by atoms with van der Waals surface area (Å²) in [6.45, 7) is 5.08. The number of nitrogens with zero attached hydrogens (tertiary/aromatic N) is 3. The van der Waals surface area contributed by atoms with E-state index in [4.69, 9.17) is 0 Å². The van der Waals surface area contributed by atoms with Crippen LogP contribution >= 0.6 is 11.8 Å². The molecule has 2 fully saturated rings. The molecule has 1 N–H and O–H groups in total. The van der Waals surface area contributed by atoms with Gasteiger partial charge >= 0.3 is 0 Å². The molecule has 0 radical (unpaired) electrons. The lowest BCUT2D eigenvalue weighted by molar-refractivity contribution is -0.147. The molecule has 1 spiro atoms. The number of hydrogen-bond acceptors (Lipinski definition) is 5. The van der Waals surface area contributed by atoms with Gasteiger partial charge in [0.25, 0.3) is 0 Å². The quantitative estimate of drug-likeness (QED) is 0.516. The van der Waals surface area contributed by atoms with Crippen LogP contribution in [0.5, 0.6) is 0 Å². The fourth-order valence-electron chi connectivity index (χ4n) is 7.09. The van der Waals surface area contributed by atoms with Crippen molar-refractivity contribution in [2.24, 2.45) is 11.8 Å². The number of hydrogen-bond donors (Lipinski definition) is 1. The highest BCUT2D eigenvalue weighted by Crippen LogP contribution is 2.61. The van der Waals surface area contributed by atoms with Gasteiger partial charge in [-0.15, -0.1) is 11.8 Å². The van der Waals surface area contributed by atoms with E-state index in [1.165, 1.54) is 0 Å². The molecule has 6 rings (SSSR count). The standard InChI is InChI=1S/C33H37N3O4S/c1-22(2)35-18-10-16-33-28(27-26(41-33)15-9-17-34(30(27)38)20-24-13-7-4-8-14-24)31(39)36(29(33)32(35)40)25(21-37)19-23-11-5-3-6-12-23/h3-16,22,25-29,37H,17-21H2,1-2H3/t25-,26-,27+,28+,29?,33+/m1/s1. The molecule has 3 amide bonds. The number of thioether (sulfide) groups is 1. The van der Waals surface area contributed by atoms with Crippen molar-refractivity contribution in [3.63, 3.8) is 0 Å². The Labute approximate surface area is 245 Å². The van der Waals surface area contributed by atoms with Crippen LogP contribution in [0.15, 0.2) is 85.0 Å². The maximum Gasteiger partial charge on any atom is 0.247 e. The molecule has 41 heavy (non-hydrogen) atoms. The molecular formula is C33H37N3O4S. The predicted molar refractivity (Wildman–Crippen MR) is 160 cm³/mol. The van der Waals surface area contributed by atoms with Crippen LogP contribution in [0.2, 0.25) is 0 Å². The van der Waals surface area contributed by atoms with Crippen LogP contribution in [0.4, 0.5) is 0 Å². The van der Waals surface area contributed by atoms with Crippen LogP contribution in [0.1, 0.15) is 25.0 Å². The third-order valence-electron chi connectivity index (χ3n) is 8.97. The molecule has 6 atom stereocenters. The van der Waals surface area contributed by atoms with Crippen molar-refractivity contribution in [2.75, 3.05) is 19.7 Å². The Balaban J connectivity index is 1.42. The number of fused-ring (bicyclic) bond motifs is 2. The molecule has 0 aromatic heterocycles. The number of aliphatic hydroxyl groups is 1. The largest absolute Gasteiger partial charge is 0.394 e. The summed E-state index contributed by atoms with van der Waals surface area (Å²) in [5, 5.41) is 10.4. The van der Waals surface area contributed by atoms with E-state index in [9.17, 15) is 19.5 Å². The summed E-state index contributed by atoms with van der Waals surface area (Å²) >= 11 is 1.58. The molecular weight excluding hydrogens is 534 g/mol. The molecule has 0 saturated carbocycles. The Morgan fingerprint density at radius 2 is 1.59 bits per heavy atom. The van der Waals surface area contributed by atoms with E-state index >= 15 is 0 Å². The molecule has 2 aromatic rings. The lowest BCUT2D eigenvalue weighted by Crippen LogP contribution is -2.57. The van der Waals surface area contributed by atoms with Gasteiger partial charge in [0.05, 0.1) is 29.2 Å². The van der Waals surface area contributed by atoms with Crippen molar-refractivity contribution in [1.82, 2.24) is 14.7 Å². The highest BCUT2D eigenvalue weighted by Gasteiger charge is 2.71. The monoisotopic (exact) mass is 571 g/mol. The average molecular weight is 572 g/mol. The molecule has 0 bridgehead atoms. The molecule has 2 saturated heterocycles. The Bertz CT molecular complexity index is 1360. The van der Waals surface area contributed by atoms with E-state index in [2.05, 4.69) is 6.08 Å². The Morgan fingerprint density at radius 3 is 2.24 bits per heavy atom. The van der Waals surface area contributed by atoms with Gasteiger partial charge in [0, 0.05) is 30.9 Å². The molecule has 7 nitrogen and oxygen atoms in total. The lowest BCUT2D eigenvalue weighted by Gasteiger charge is -2.39. The molecule has 8 heteroatoms. The molecule has 2 aromatic carbocycles. The van der Waals surface area contributed by atoms with Crippen molar-refractivity contribution >= 4 is 29.5 Å². The minimum atomic E-state index is -0.896. The first-order chi connectivity index (χ1) is 19.9. The Kier molecular flexibility index (Phi) is 7.55. The van der Waals surface area contributed by atoms with Gasteiger partial charge in [-0.3, -0.25) is 14.4 Å². The van der Waals surface area contributed by atoms with Crippen molar-refractivity contribution in [2.45, 2.75) is 54.9 Å². The third kappa shape index (κ3) is 4.71. The summed E-state index contributed by atoms with van der Waals surface area (Å²) in [6, 6.07) is 18.2. The second kappa shape index (κ2) is 11.1. The first kappa shape index (κ1) is 27.8. The Hall–Kier alpha value is -3.36. The summed E-state index contributed by atoms with van der Waals surface area (Å²) in [4.78, 5) is 48.6. The number of amides is 3. The van der Waals surface area contributed by atoms with Crippen LogP contribution < -0.4 is 0 Å². The maximum atomic E-state index is 14.7. The molecule has 4 heterocycles. The molecule has 4 aliphatic heterocycles. The van der Waals surface area contributed by atoms with Crippen LogP contribution in [0.3, 0.4) is 0 Å². The second-order valence-corrected chi connectivity index (χ2v) is 13.2. The van der Waals surface area contributed by atoms with Gasteiger partial charge in [0.1, 0.15) is 6.04 Å². The van der Waals surface area contributed by atoms with Crippen molar-refractivity contribution in [1.29, 1.82) is 0 Å². The zero-order valence-corrected chi connectivity index (χ0v) is 24.3. The SMILES string of the molecule is CC(C)N1CC=C[C@]23S[C@@H]4C=CCN(Cc5ccccc5)C(=O)[C@@H]4[C@H]2C(=O)N([C@@H](CO)Cc2ccccc2)C3C1=O. The number of benzene rings is 2. The van der Waals surface area contributed by atoms with Gasteiger partial charge in [-0.1, -0.05) is 85.0 Å². The zero-order valence-electron chi connectivity index (χ0n) is 23.5. The van der Waals surface area contributed by atoms with E-state index in [1.807, 2.05) is 103 Å². The molecule has 4 aliphatic rings. The average Bonchev–Trinajstić information content (AvgIpc) is 3.30. The zero-order chi connectivity index (χ0) is 28.7. The van der Waals surface area contributed by atoms with E-state index in [1.54, 1.807) is 16.7 Å². The maximum absolute atomic E-state index is 14.7. The predicted octanol–water partition coefficient (Wildman–Crippen LogP) is 3.29. The number of rotatable bonds is 7. The fourth-order valence-corrected chi connectivity index (χ4v) is 9.08.